The number of sulfonamides is 1. The van der Waals surface area contributed by atoms with Crippen LogP contribution in [0, 0.1) is 13.8 Å². The number of nitrogens with zero attached hydrogens (tertiary/aromatic N) is 1. The van der Waals surface area contributed by atoms with Crippen molar-refractivity contribution < 1.29 is 13.2 Å². The number of amides is 1. The molecule has 2 N–H and O–H groups in total. The minimum absolute atomic E-state index is 0.0909. The summed E-state index contributed by atoms with van der Waals surface area (Å²) in [6.45, 7) is 6.36. The Hall–Kier alpha value is -3.32. The number of para-hydroxylation sites is 1. The van der Waals surface area contributed by atoms with Crippen LogP contribution in [-0.4, -0.2) is 20.9 Å². The second-order valence-electron chi connectivity index (χ2n) is 6.97. The summed E-state index contributed by atoms with van der Waals surface area (Å²) in [5, 5.41) is 1.74. The van der Waals surface area contributed by atoms with E-state index in [0.29, 0.717) is 17.8 Å². The third-order valence-corrected chi connectivity index (χ3v) is 6.10. The normalized spacial score (nSPS) is 11.0. The van der Waals surface area contributed by atoms with Gasteiger partial charge in [-0.1, -0.05) is 35.9 Å². The van der Waals surface area contributed by atoms with E-state index >= 15 is 0 Å². The highest BCUT2D eigenvalue weighted by Crippen LogP contribution is 2.20. The van der Waals surface area contributed by atoms with Gasteiger partial charge in [0, 0.05) is 12.1 Å². The summed E-state index contributed by atoms with van der Waals surface area (Å²) in [6.07, 6.45) is 0. The van der Waals surface area contributed by atoms with Crippen molar-refractivity contribution in [3.8, 4) is 0 Å². The Balaban J connectivity index is 1.73. The van der Waals surface area contributed by atoms with E-state index in [2.05, 4.69) is 10.1 Å². The summed E-state index contributed by atoms with van der Waals surface area (Å²) in [4.78, 5) is 12.7. The van der Waals surface area contributed by atoms with Crippen LogP contribution in [-0.2, 0) is 10.0 Å². The fraction of sp³-hybridized carbons (Fsp3) is 0.174. The molecule has 0 bridgehead atoms. The number of benzene rings is 3. The van der Waals surface area contributed by atoms with Gasteiger partial charge in [0.05, 0.1) is 16.3 Å². The van der Waals surface area contributed by atoms with Crippen LogP contribution in [0.15, 0.2) is 77.7 Å². The Morgan fingerprint density at radius 3 is 2.13 bits per heavy atom. The molecule has 0 fully saturated rings. The molecule has 0 saturated carbocycles. The van der Waals surface area contributed by atoms with Crippen LogP contribution >= 0.6 is 0 Å². The van der Waals surface area contributed by atoms with Crippen molar-refractivity contribution in [2.24, 2.45) is 0 Å². The summed E-state index contributed by atoms with van der Waals surface area (Å²) < 4.78 is 27.9. The standard InChI is InChI=1S/C23H25N3O3S/c1-4-26(20-13-9-17(2)10-14-20)24-23(27)19-11-15-21(16-12-19)30(28,29)25-22-8-6-5-7-18(22)3/h5-16,25H,4H2,1-3H3,(H,24,27). The average Bonchev–Trinajstić information content (AvgIpc) is 2.74. The Labute approximate surface area is 177 Å². The van der Waals surface area contributed by atoms with Crippen LogP contribution in [0.4, 0.5) is 11.4 Å². The van der Waals surface area contributed by atoms with Crippen LogP contribution in [0.5, 0.6) is 0 Å². The lowest BCUT2D eigenvalue weighted by Gasteiger charge is -2.24. The summed E-state index contributed by atoms with van der Waals surface area (Å²) >= 11 is 0. The monoisotopic (exact) mass is 423 g/mol. The Morgan fingerprint density at radius 2 is 1.53 bits per heavy atom. The fourth-order valence-electron chi connectivity index (χ4n) is 2.91. The zero-order chi connectivity index (χ0) is 21.7. The van der Waals surface area contributed by atoms with Gasteiger partial charge in [-0.2, -0.15) is 0 Å². The number of carbonyl (C=O) groups is 1. The van der Waals surface area contributed by atoms with Gasteiger partial charge in [0.2, 0.25) is 0 Å². The molecule has 3 rings (SSSR count). The van der Waals surface area contributed by atoms with Gasteiger partial charge in [-0.25, -0.2) is 8.42 Å². The molecule has 3 aromatic carbocycles. The number of hydrazine groups is 1. The minimum Gasteiger partial charge on any atom is -0.286 e. The van der Waals surface area contributed by atoms with Crippen molar-refractivity contribution in [2.75, 3.05) is 16.3 Å². The van der Waals surface area contributed by atoms with E-state index in [0.717, 1.165) is 16.8 Å². The van der Waals surface area contributed by atoms with Crippen LogP contribution in [0.2, 0.25) is 0 Å². The molecule has 0 unspecified atom stereocenters. The molecule has 0 radical (unpaired) electrons. The molecule has 3 aromatic rings. The first-order chi connectivity index (χ1) is 14.3. The highest BCUT2D eigenvalue weighted by atomic mass is 32.2. The topological polar surface area (TPSA) is 78.5 Å². The van der Waals surface area contributed by atoms with Crippen molar-refractivity contribution in [3.63, 3.8) is 0 Å². The molecule has 0 heterocycles. The first-order valence-electron chi connectivity index (χ1n) is 9.64. The molecule has 0 spiro atoms. The highest BCUT2D eigenvalue weighted by molar-refractivity contribution is 7.92. The second kappa shape index (κ2) is 9.00. The van der Waals surface area contributed by atoms with E-state index in [4.69, 9.17) is 0 Å². The quantitative estimate of drug-likeness (QED) is 0.556. The van der Waals surface area contributed by atoms with Crippen LogP contribution < -0.4 is 15.2 Å². The van der Waals surface area contributed by atoms with Gasteiger partial charge in [0.1, 0.15) is 0 Å². The molecule has 6 nitrogen and oxygen atoms in total. The number of anilines is 2. The molecule has 0 saturated heterocycles. The van der Waals surface area contributed by atoms with Gasteiger partial charge in [-0.3, -0.25) is 20.0 Å². The number of hydrogen-bond donors (Lipinski definition) is 2. The zero-order valence-corrected chi connectivity index (χ0v) is 18.0. The van der Waals surface area contributed by atoms with E-state index in [1.54, 1.807) is 17.1 Å². The van der Waals surface area contributed by atoms with Crippen molar-refractivity contribution in [1.29, 1.82) is 0 Å². The van der Waals surface area contributed by atoms with Gasteiger partial charge in [0.25, 0.3) is 15.9 Å². The van der Waals surface area contributed by atoms with Crippen molar-refractivity contribution >= 4 is 27.3 Å². The van der Waals surface area contributed by atoms with Gasteiger partial charge in [-0.05, 0) is 68.8 Å². The SMILES string of the molecule is CCN(NC(=O)c1ccc(S(=O)(=O)Nc2ccccc2C)cc1)c1ccc(C)cc1. The lowest BCUT2D eigenvalue weighted by molar-refractivity contribution is 0.0949. The maximum Gasteiger partial charge on any atom is 0.269 e. The Morgan fingerprint density at radius 1 is 0.900 bits per heavy atom. The number of rotatable bonds is 7. The van der Waals surface area contributed by atoms with Crippen molar-refractivity contribution in [1.82, 2.24) is 5.43 Å². The number of nitrogens with one attached hydrogen (secondary N) is 2. The molecule has 0 atom stereocenters. The Bertz CT molecular complexity index is 1130. The molecule has 30 heavy (non-hydrogen) atoms. The lowest BCUT2D eigenvalue weighted by Crippen LogP contribution is -2.42. The predicted octanol–water partition coefficient (Wildman–Crippen LogP) is 4.28. The molecule has 0 aliphatic carbocycles. The molecule has 156 valence electrons. The molecule has 0 aliphatic heterocycles. The molecule has 0 aromatic heterocycles. The van der Waals surface area contributed by atoms with Gasteiger partial charge >= 0.3 is 0 Å². The summed E-state index contributed by atoms with van der Waals surface area (Å²) in [7, 11) is -3.75. The molecular weight excluding hydrogens is 398 g/mol. The summed E-state index contributed by atoms with van der Waals surface area (Å²) in [6, 6.07) is 20.8. The molecule has 1 amide bonds. The van der Waals surface area contributed by atoms with Crippen LogP contribution in [0.1, 0.15) is 28.4 Å². The van der Waals surface area contributed by atoms with Crippen molar-refractivity contribution in [3.05, 3.63) is 89.5 Å². The van der Waals surface area contributed by atoms with Crippen molar-refractivity contribution in [2.45, 2.75) is 25.7 Å². The smallest absolute Gasteiger partial charge is 0.269 e. The van der Waals surface area contributed by atoms with Crippen LogP contribution in [0.25, 0.3) is 0 Å². The molecular formula is C23H25N3O3S. The van der Waals surface area contributed by atoms with Gasteiger partial charge in [-0.15, -0.1) is 0 Å². The van der Waals surface area contributed by atoms with Gasteiger partial charge < -0.3 is 0 Å². The van der Waals surface area contributed by atoms with E-state index in [1.807, 2.05) is 57.2 Å². The van der Waals surface area contributed by atoms with E-state index in [1.165, 1.54) is 24.3 Å². The summed E-state index contributed by atoms with van der Waals surface area (Å²) in [5.74, 6) is -0.312. The average molecular weight is 424 g/mol. The minimum atomic E-state index is -3.75. The fourth-order valence-corrected chi connectivity index (χ4v) is 4.05. The first kappa shape index (κ1) is 21.4. The van der Waals surface area contributed by atoms with E-state index in [9.17, 15) is 13.2 Å². The van der Waals surface area contributed by atoms with Gasteiger partial charge in [0.15, 0.2) is 0 Å². The largest absolute Gasteiger partial charge is 0.286 e. The predicted molar refractivity (Wildman–Crippen MR) is 120 cm³/mol. The maximum atomic E-state index is 12.7. The lowest BCUT2D eigenvalue weighted by atomic mass is 10.2. The highest BCUT2D eigenvalue weighted by Gasteiger charge is 2.17. The maximum absolute atomic E-state index is 12.7. The second-order valence-corrected chi connectivity index (χ2v) is 8.65. The van der Waals surface area contributed by atoms with E-state index < -0.39 is 10.0 Å². The number of aryl methyl sites for hydroxylation is 2. The third-order valence-electron chi connectivity index (χ3n) is 4.71. The first-order valence-corrected chi connectivity index (χ1v) is 11.1. The summed E-state index contributed by atoms with van der Waals surface area (Å²) in [5.41, 5.74) is 6.58. The Kier molecular flexibility index (Phi) is 6.42. The van der Waals surface area contributed by atoms with E-state index in [-0.39, 0.29) is 10.8 Å². The molecule has 0 aliphatic rings. The third kappa shape index (κ3) is 4.99. The number of hydrogen-bond acceptors (Lipinski definition) is 4. The molecule has 7 heteroatoms. The number of carbonyl (C=O) groups excluding carboxylic acids is 1. The zero-order valence-electron chi connectivity index (χ0n) is 17.2. The van der Waals surface area contributed by atoms with Crippen LogP contribution in [0.3, 0.4) is 0 Å².